The van der Waals surface area contributed by atoms with Gasteiger partial charge in [-0.3, -0.25) is 4.98 Å². The van der Waals surface area contributed by atoms with Gasteiger partial charge in [-0.25, -0.2) is 0 Å². The molecule has 19 heavy (non-hydrogen) atoms. The minimum atomic E-state index is -0.300. The zero-order valence-electron chi connectivity index (χ0n) is 13.1. The van der Waals surface area contributed by atoms with Crippen molar-refractivity contribution in [3.63, 3.8) is 0 Å². The monoisotopic (exact) mass is 261 g/mol. The summed E-state index contributed by atoms with van der Waals surface area (Å²) in [5.74, 6) is 0.404. The van der Waals surface area contributed by atoms with Gasteiger partial charge in [0.1, 0.15) is 0 Å². The standard InChI is InChI=1S/C15H24BNO2/c1-10(2)13-8-12(11(3)9-17-13)16-18-14(4,5)15(6,7)19-16/h8-10H,1-7H3. The van der Waals surface area contributed by atoms with Crippen molar-refractivity contribution < 1.29 is 9.31 Å². The van der Waals surface area contributed by atoms with Crippen LogP contribution in [0.5, 0.6) is 0 Å². The number of hydrogen-bond acceptors (Lipinski definition) is 3. The predicted molar refractivity (Wildman–Crippen MR) is 78.8 cm³/mol. The summed E-state index contributed by atoms with van der Waals surface area (Å²) in [6.07, 6.45) is 1.91. The van der Waals surface area contributed by atoms with Crippen molar-refractivity contribution in [2.24, 2.45) is 0 Å². The van der Waals surface area contributed by atoms with Gasteiger partial charge in [-0.1, -0.05) is 13.8 Å². The molecule has 2 rings (SSSR count). The highest BCUT2D eigenvalue weighted by molar-refractivity contribution is 6.62. The van der Waals surface area contributed by atoms with E-state index in [0.717, 1.165) is 16.7 Å². The molecule has 0 saturated carbocycles. The Morgan fingerprint density at radius 2 is 1.63 bits per heavy atom. The van der Waals surface area contributed by atoms with Crippen LogP contribution >= 0.6 is 0 Å². The van der Waals surface area contributed by atoms with Crippen LogP contribution < -0.4 is 5.46 Å². The van der Waals surface area contributed by atoms with Gasteiger partial charge in [-0.05, 0) is 57.6 Å². The molecule has 0 aliphatic carbocycles. The number of pyridine rings is 1. The molecule has 0 aromatic carbocycles. The molecule has 4 heteroatoms. The van der Waals surface area contributed by atoms with Crippen molar-refractivity contribution in [3.05, 3.63) is 23.5 Å². The third kappa shape index (κ3) is 2.56. The van der Waals surface area contributed by atoms with Gasteiger partial charge in [0.15, 0.2) is 0 Å². The second kappa shape index (κ2) is 4.60. The zero-order chi connectivity index (χ0) is 14.4. The highest BCUT2D eigenvalue weighted by Gasteiger charge is 2.52. The van der Waals surface area contributed by atoms with Crippen molar-refractivity contribution in [1.29, 1.82) is 0 Å². The molecule has 1 aromatic rings. The lowest BCUT2D eigenvalue weighted by Crippen LogP contribution is -2.41. The summed E-state index contributed by atoms with van der Waals surface area (Å²) in [5, 5.41) is 0. The minimum Gasteiger partial charge on any atom is -0.399 e. The SMILES string of the molecule is Cc1cnc(C(C)C)cc1B1OC(C)(C)C(C)(C)O1. The first-order valence-electron chi connectivity index (χ1n) is 6.96. The number of rotatable bonds is 2. The van der Waals surface area contributed by atoms with Gasteiger partial charge >= 0.3 is 7.12 Å². The van der Waals surface area contributed by atoms with Crippen LogP contribution in [0.4, 0.5) is 0 Å². The third-order valence-corrected chi connectivity index (χ3v) is 4.26. The fourth-order valence-electron chi connectivity index (χ4n) is 2.10. The Hall–Kier alpha value is -0.865. The number of aromatic nitrogens is 1. The first-order chi connectivity index (χ1) is 8.64. The molecule has 0 amide bonds. The highest BCUT2D eigenvalue weighted by Crippen LogP contribution is 2.36. The number of nitrogens with zero attached hydrogens (tertiary/aromatic N) is 1. The summed E-state index contributed by atoms with van der Waals surface area (Å²) in [7, 11) is -0.300. The second-order valence-electron chi connectivity index (χ2n) is 6.71. The normalized spacial score (nSPS) is 21.2. The van der Waals surface area contributed by atoms with Crippen LogP contribution in [-0.4, -0.2) is 23.3 Å². The van der Waals surface area contributed by atoms with Crippen LogP contribution in [0.25, 0.3) is 0 Å². The summed E-state index contributed by atoms with van der Waals surface area (Å²) >= 11 is 0. The Labute approximate surface area is 116 Å². The first kappa shape index (κ1) is 14.5. The van der Waals surface area contributed by atoms with Crippen molar-refractivity contribution in [2.45, 2.75) is 65.6 Å². The third-order valence-electron chi connectivity index (χ3n) is 4.26. The lowest BCUT2D eigenvalue weighted by molar-refractivity contribution is 0.00578. The van der Waals surface area contributed by atoms with Crippen LogP contribution in [0, 0.1) is 6.92 Å². The molecule has 104 valence electrons. The summed E-state index contributed by atoms with van der Waals surface area (Å²) in [6.45, 7) is 14.6. The Bertz CT molecular complexity index is 467. The van der Waals surface area contributed by atoms with Crippen molar-refractivity contribution in [1.82, 2.24) is 4.98 Å². The van der Waals surface area contributed by atoms with Gasteiger partial charge in [-0.2, -0.15) is 0 Å². The summed E-state index contributed by atoms with van der Waals surface area (Å²) < 4.78 is 12.2. The zero-order valence-corrected chi connectivity index (χ0v) is 13.1. The van der Waals surface area contributed by atoms with Gasteiger partial charge in [0.2, 0.25) is 0 Å². The molecule has 1 fully saturated rings. The maximum Gasteiger partial charge on any atom is 0.495 e. The quantitative estimate of drug-likeness (QED) is 0.767. The maximum atomic E-state index is 6.12. The average molecular weight is 261 g/mol. The molecule has 0 N–H and O–H groups in total. The molecular formula is C15H24BNO2. The fraction of sp³-hybridized carbons (Fsp3) is 0.667. The first-order valence-corrected chi connectivity index (χ1v) is 6.96. The van der Waals surface area contributed by atoms with Crippen LogP contribution in [0.15, 0.2) is 12.3 Å². The lowest BCUT2D eigenvalue weighted by Gasteiger charge is -2.32. The summed E-state index contributed by atoms with van der Waals surface area (Å²) in [5.41, 5.74) is 2.69. The van der Waals surface area contributed by atoms with E-state index in [2.05, 4.69) is 59.5 Å². The van der Waals surface area contributed by atoms with Crippen molar-refractivity contribution in [3.8, 4) is 0 Å². The Kier molecular flexibility index (Phi) is 3.52. The van der Waals surface area contributed by atoms with Gasteiger partial charge in [0.25, 0.3) is 0 Å². The maximum absolute atomic E-state index is 6.12. The van der Waals surface area contributed by atoms with Crippen LogP contribution in [0.1, 0.15) is 58.7 Å². The van der Waals surface area contributed by atoms with Gasteiger partial charge in [0.05, 0.1) is 11.2 Å². The Morgan fingerprint density at radius 3 is 2.11 bits per heavy atom. The van der Waals surface area contributed by atoms with E-state index in [1.165, 1.54) is 0 Å². The van der Waals surface area contributed by atoms with Crippen LogP contribution in [-0.2, 0) is 9.31 Å². The average Bonchev–Trinajstić information content (AvgIpc) is 2.48. The van der Waals surface area contributed by atoms with E-state index >= 15 is 0 Å². The molecule has 1 saturated heterocycles. The predicted octanol–water partition coefficient (Wildman–Crippen LogP) is 2.81. The smallest absolute Gasteiger partial charge is 0.399 e. The molecule has 0 atom stereocenters. The van der Waals surface area contributed by atoms with Gasteiger partial charge in [0, 0.05) is 11.9 Å². The lowest BCUT2D eigenvalue weighted by atomic mass is 9.76. The van der Waals surface area contributed by atoms with E-state index in [1.54, 1.807) is 0 Å². The number of hydrogen-bond donors (Lipinski definition) is 0. The fourth-order valence-corrected chi connectivity index (χ4v) is 2.10. The molecule has 0 unspecified atom stereocenters. The molecule has 2 heterocycles. The van der Waals surface area contributed by atoms with Crippen molar-refractivity contribution >= 4 is 12.6 Å². The van der Waals surface area contributed by atoms with E-state index in [4.69, 9.17) is 9.31 Å². The summed E-state index contributed by atoms with van der Waals surface area (Å²) in [6, 6.07) is 2.11. The van der Waals surface area contributed by atoms with Crippen LogP contribution in [0.2, 0.25) is 0 Å². The molecule has 1 aromatic heterocycles. The van der Waals surface area contributed by atoms with Crippen LogP contribution in [0.3, 0.4) is 0 Å². The largest absolute Gasteiger partial charge is 0.495 e. The Morgan fingerprint density at radius 1 is 1.11 bits per heavy atom. The highest BCUT2D eigenvalue weighted by atomic mass is 16.7. The van der Waals surface area contributed by atoms with Gasteiger partial charge < -0.3 is 9.31 Å². The second-order valence-corrected chi connectivity index (χ2v) is 6.71. The topological polar surface area (TPSA) is 31.4 Å². The molecule has 0 bridgehead atoms. The van der Waals surface area contributed by atoms with E-state index < -0.39 is 0 Å². The molecule has 3 nitrogen and oxygen atoms in total. The van der Waals surface area contributed by atoms with E-state index in [-0.39, 0.29) is 18.3 Å². The van der Waals surface area contributed by atoms with E-state index in [0.29, 0.717) is 5.92 Å². The minimum absolute atomic E-state index is 0.300. The van der Waals surface area contributed by atoms with E-state index in [9.17, 15) is 0 Å². The molecular weight excluding hydrogens is 237 g/mol. The molecule has 0 spiro atoms. The molecule has 1 aliphatic rings. The summed E-state index contributed by atoms with van der Waals surface area (Å²) in [4.78, 5) is 4.47. The number of aryl methyl sites for hydroxylation is 1. The Balaban J connectivity index is 2.36. The molecule has 0 radical (unpaired) electrons. The van der Waals surface area contributed by atoms with E-state index in [1.807, 2.05) is 6.20 Å². The van der Waals surface area contributed by atoms with Gasteiger partial charge in [-0.15, -0.1) is 0 Å². The molecule has 1 aliphatic heterocycles. The van der Waals surface area contributed by atoms with Crippen molar-refractivity contribution in [2.75, 3.05) is 0 Å².